The molecule has 40 heavy (non-hydrogen) atoms. The van der Waals surface area contributed by atoms with E-state index >= 15 is 0 Å². The van der Waals surface area contributed by atoms with E-state index in [9.17, 15) is 18.0 Å². The van der Waals surface area contributed by atoms with Crippen molar-refractivity contribution in [2.24, 2.45) is 5.92 Å². The first-order chi connectivity index (χ1) is 18.9. The highest BCUT2D eigenvalue weighted by Gasteiger charge is 2.34. The van der Waals surface area contributed by atoms with Crippen LogP contribution in [0.3, 0.4) is 0 Å². The minimum atomic E-state index is -4.12. The van der Waals surface area contributed by atoms with Crippen molar-refractivity contribution in [2.45, 2.75) is 51.6 Å². The topological polar surface area (TPSA) is 86.8 Å². The third-order valence-electron chi connectivity index (χ3n) is 6.42. The Morgan fingerprint density at radius 1 is 0.950 bits per heavy atom. The average Bonchev–Trinajstić information content (AvgIpc) is 2.92. The molecule has 0 aliphatic carbocycles. The molecule has 0 fully saturated rings. The summed E-state index contributed by atoms with van der Waals surface area (Å²) in [5.41, 5.74) is 1.65. The Morgan fingerprint density at radius 3 is 2.20 bits per heavy atom. The molecule has 1 N–H and O–H groups in total. The maximum atomic E-state index is 14.1. The molecular formula is C30H35Cl2N3O4S. The van der Waals surface area contributed by atoms with Crippen LogP contribution < -0.4 is 9.62 Å². The number of para-hydroxylation sites is 1. The number of nitrogens with zero attached hydrogens (tertiary/aromatic N) is 2. The number of nitrogens with one attached hydrogen (secondary N) is 1. The normalized spacial score (nSPS) is 12.2. The van der Waals surface area contributed by atoms with Crippen LogP contribution in [0.5, 0.6) is 0 Å². The van der Waals surface area contributed by atoms with E-state index in [0.717, 1.165) is 4.31 Å². The van der Waals surface area contributed by atoms with Gasteiger partial charge in [0.15, 0.2) is 0 Å². The predicted molar refractivity (Wildman–Crippen MR) is 161 cm³/mol. The average molecular weight is 605 g/mol. The number of anilines is 1. The number of hydrogen-bond donors (Lipinski definition) is 1. The van der Waals surface area contributed by atoms with Gasteiger partial charge in [0.1, 0.15) is 12.6 Å². The zero-order valence-corrected chi connectivity index (χ0v) is 25.4. The van der Waals surface area contributed by atoms with Crippen molar-refractivity contribution in [2.75, 3.05) is 17.4 Å². The van der Waals surface area contributed by atoms with Gasteiger partial charge in [-0.1, -0.05) is 86.4 Å². The van der Waals surface area contributed by atoms with Gasteiger partial charge in [0.2, 0.25) is 11.8 Å². The van der Waals surface area contributed by atoms with Crippen LogP contribution in [0.4, 0.5) is 5.69 Å². The van der Waals surface area contributed by atoms with Gasteiger partial charge in [0.05, 0.1) is 10.6 Å². The van der Waals surface area contributed by atoms with Gasteiger partial charge >= 0.3 is 0 Å². The third kappa shape index (κ3) is 7.77. The second-order valence-electron chi connectivity index (χ2n) is 9.93. The lowest BCUT2D eigenvalue weighted by Gasteiger charge is -2.34. The maximum absolute atomic E-state index is 14.1. The zero-order chi connectivity index (χ0) is 29.4. The molecule has 1 atom stereocenters. The summed E-state index contributed by atoms with van der Waals surface area (Å²) in [6.45, 7) is 7.47. The van der Waals surface area contributed by atoms with Crippen molar-refractivity contribution in [3.8, 4) is 0 Å². The predicted octanol–water partition coefficient (Wildman–Crippen LogP) is 6.08. The lowest BCUT2D eigenvalue weighted by molar-refractivity contribution is -0.140. The second-order valence-corrected chi connectivity index (χ2v) is 12.6. The van der Waals surface area contributed by atoms with Gasteiger partial charge in [-0.3, -0.25) is 13.9 Å². The molecule has 0 bridgehead atoms. The van der Waals surface area contributed by atoms with E-state index in [4.69, 9.17) is 23.2 Å². The van der Waals surface area contributed by atoms with Crippen molar-refractivity contribution < 1.29 is 18.0 Å². The molecule has 0 aliphatic heterocycles. The summed E-state index contributed by atoms with van der Waals surface area (Å²) in [5, 5.41) is 3.69. The maximum Gasteiger partial charge on any atom is 0.264 e. The molecule has 10 heteroatoms. The number of carbonyl (C=O) groups is 2. The van der Waals surface area contributed by atoms with Crippen LogP contribution in [0.15, 0.2) is 77.7 Å². The van der Waals surface area contributed by atoms with Gasteiger partial charge < -0.3 is 10.2 Å². The molecule has 2 amide bonds. The summed E-state index contributed by atoms with van der Waals surface area (Å²) in [6, 6.07) is 19.0. The van der Waals surface area contributed by atoms with Gasteiger partial charge in [0, 0.05) is 23.1 Å². The number of sulfonamides is 1. The van der Waals surface area contributed by atoms with E-state index in [1.807, 2.05) is 20.8 Å². The van der Waals surface area contributed by atoms with Gasteiger partial charge in [-0.2, -0.15) is 0 Å². The van der Waals surface area contributed by atoms with Crippen LogP contribution in [0.1, 0.15) is 38.3 Å². The minimum Gasteiger partial charge on any atom is -0.354 e. The van der Waals surface area contributed by atoms with E-state index < -0.39 is 28.5 Å². The molecule has 0 aliphatic rings. The number of hydrogen-bond acceptors (Lipinski definition) is 4. The highest BCUT2D eigenvalue weighted by molar-refractivity contribution is 7.92. The largest absolute Gasteiger partial charge is 0.354 e. The van der Waals surface area contributed by atoms with E-state index in [1.165, 1.54) is 17.0 Å². The van der Waals surface area contributed by atoms with Crippen molar-refractivity contribution in [3.05, 3.63) is 94.0 Å². The number of amides is 2. The number of halogens is 2. The lowest BCUT2D eigenvalue weighted by atomic mass is 10.1. The molecule has 0 spiro atoms. The molecule has 214 valence electrons. The van der Waals surface area contributed by atoms with E-state index in [1.54, 1.807) is 67.6 Å². The third-order valence-corrected chi connectivity index (χ3v) is 8.78. The Labute approximate surface area is 247 Å². The van der Waals surface area contributed by atoms with Gasteiger partial charge in [-0.25, -0.2) is 8.42 Å². The molecule has 0 heterocycles. The van der Waals surface area contributed by atoms with Crippen molar-refractivity contribution >= 4 is 50.7 Å². The molecule has 3 rings (SSSR count). The standard InChI is InChI=1S/C30H35Cl2N3O4S/c1-5-27(30(37)33-18-21(2)3)34(19-23-15-16-24(31)17-26(23)32)29(36)20-35(28-14-10-9-11-22(28)4)40(38,39)25-12-7-6-8-13-25/h6-17,21,27H,5,18-20H2,1-4H3,(H,33,37)/t27-/m0/s1. The van der Waals surface area contributed by atoms with E-state index in [0.29, 0.717) is 39.8 Å². The summed E-state index contributed by atoms with van der Waals surface area (Å²) >= 11 is 12.5. The van der Waals surface area contributed by atoms with Crippen molar-refractivity contribution in [1.29, 1.82) is 0 Å². The summed E-state index contributed by atoms with van der Waals surface area (Å²) in [7, 11) is -4.12. The summed E-state index contributed by atoms with van der Waals surface area (Å²) < 4.78 is 28.9. The number of carbonyl (C=O) groups excluding carboxylic acids is 2. The van der Waals surface area contributed by atoms with Crippen LogP contribution in [-0.2, 0) is 26.2 Å². The fourth-order valence-corrected chi connectivity index (χ4v) is 6.22. The number of benzene rings is 3. The molecule has 3 aromatic carbocycles. The Kier molecular flexibility index (Phi) is 11.0. The highest BCUT2D eigenvalue weighted by atomic mass is 35.5. The van der Waals surface area contributed by atoms with Gasteiger partial charge in [-0.15, -0.1) is 0 Å². The van der Waals surface area contributed by atoms with Gasteiger partial charge in [-0.05, 0) is 60.7 Å². The fourth-order valence-electron chi connectivity index (χ4n) is 4.25. The molecule has 3 aromatic rings. The monoisotopic (exact) mass is 603 g/mol. The fraction of sp³-hybridized carbons (Fsp3) is 0.333. The Morgan fingerprint density at radius 2 is 1.60 bits per heavy atom. The smallest absolute Gasteiger partial charge is 0.264 e. The van der Waals surface area contributed by atoms with E-state index in [2.05, 4.69) is 5.32 Å². The molecule has 0 saturated carbocycles. The molecular weight excluding hydrogens is 569 g/mol. The first kappa shape index (κ1) is 31.5. The van der Waals surface area contributed by atoms with Crippen LogP contribution in [0.25, 0.3) is 0 Å². The molecule has 0 aromatic heterocycles. The zero-order valence-electron chi connectivity index (χ0n) is 23.1. The Hall–Kier alpha value is -3.07. The molecule has 0 radical (unpaired) electrons. The minimum absolute atomic E-state index is 0.00453. The summed E-state index contributed by atoms with van der Waals surface area (Å²) in [5.74, 6) is -0.646. The first-order valence-electron chi connectivity index (χ1n) is 13.1. The number of aryl methyl sites for hydroxylation is 1. The molecule has 0 unspecified atom stereocenters. The van der Waals surface area contributed by atoms with E-state index in [-0.39, 0.29) is 23.3 Å². The lowest BCUT2D eigenvalue weighted by Crippen LogP contribution is -2.52. The van der Waals surface area contributed by atoms with Gasteiger partial charge in [0.25, 0.3) is 10.0 Å². The van der Waals surface area contributed by atoms with Crippen LogP contribution in [0.2, 0.25) is 10.0 Å². The Bertz CT molecular complexity index is 1430. The quantitative estimate of drug-likeness (QED) is 0.272. The summed E-state index contributed by atoms with van der Waals surface area (Å²) in [6.07, 6.45) is 0.316. The van der Waals surface area contributed by atoms with Crippen LogP contribution >= 0.6 is 23.2 Å². The highest BCUT2D eigenvalue weighted by Crippen LogP contribution is 2.28. The molecule has 7 nitrogen and oxygen atoms in total. The summed E-state index contributed by atoms with van der Waals surface area (Å²) in [4.78, 5) is 28.9. The van der Waals surface area contributed by atoms with Crippen molar-refractivity contribution in [1.82, 2.24) is 10.2 Å². The van der Waals surface area contributed by atoms with Crippen LogP contribution in [0, 0.1) is 12.8 Å². The second kappa shape index (κ2) is 14.0. The first-order valence-corrected chi connectivity index (χ1v) is 15.3. The SMILES string of the molecule is CC[C@@H](C(=O)NCC(C)C)N(Cc1ccc(Cl)cc1Cl)C(=O)CN(c1ccccc1C)S(=O)(=O)c1ccccc1. The van der Waals surface area contributed by atoms with Crippen LogP contribution in [-0.4, -0.2) is 44.3 Å². The number of rotatable bonds is 12. The molecule has 0 saturated heterocycles. The van der Waals surface area contributed by atoms with Crippen molar-refractivity contribution in [3.63, 3.8) is 0 Å². The Balaban J connectivity index is 2.07.